The molecule has 0 aliphatic heterocycles. The van der Waals surface area contributed by atoms with Crippen molar-refractivity contribution in [3.8, 4) is 22.1 Å². The van der Waals surface area contributed by atoms with E-state index in [1.165, 1.54) is 48.8 Å². The van der Waals surface area contributed by atoms with E-state index >= 15 is 0 Å². The highest BCUT2D eigenvalue weighted by Gasteiger charge is 2.25. The molecule has 10 nitrogen and oxygen atoms in total. The molecule has 0 saturated carbocycles. The molecular weight excluding hydrogens is 456 g/mol. The van der Waals surface area contributed by atoms with Gasteiger partial charge >= 0.3 is 0 Å². The van der Waals surface area contributed by atoms with Gasteiger partial charge in [0.25, 0.3) is 11.6 Å². The third kappa shape index (κ3) is 5.39. The van der Waals surface area contributed by atoms with Gasteiger partial charge in [0.15, 0.2) is 16.6 Å². The maximum Gasteiger partial charge on any atom is 0.286 e. The number of thiazole rings is 1. The predicted molar refractivity (Wildman–Crippen MR) is 122 cm³/mol. The standard InChI is InChI=1S/C20H20N4O6S2/c1-4-30-17-8-15(24(27)28)13(7-16(17)29-3)19(26)23-20-22-14(10-31-20)18-6-5-12(32-18)9-21-11(2)25/h5-8,10H,4,9H2,1-3H3,(H,21,25)(H,22,23,26). The Morgan fingerprint density at radius 1 is 1.25 bits per heavy atom. The highest BCUT2D eigenvalue weighted by Crippen LogP contribution is 2.36. The lowest BCUT2D eigenvalue weighted by Gasteiger charge is -2.11. The Bertz CT molecular complexity index is 1160. The topological polar surface area (TPSA) is 133 Å². The van der Waals surface area contributed by atoms with Crippen molar-refractivity contribution in [2.45, 2.75) is 20.4 Å². The summed E-state index contributed by atoms with van der Waals surface area (Å²) < 4.78 is 10.6. The minimum atomic E-state index is -0.684. The summed E-state index contributed by atoms with van der Waals surface area (Å²) in [6.45, 7) is 3.91. The van der Waals surface area contributed by atoms with Gasteiger partial charge < -0.3 is 14.8 Å². The largest absolute Gasteiger partial charge is 0.493 e. The number of aromatic nitrogens is 1. The van der Waals surface area contributed by atoms with Crippen LogP contribution in [0.2, 0.25) is 0 Å². The van der Waals surface area contributed by atoms with Crippen molar-refractivity contribution in [2.75, 3.05) is 19.0 Å². The number of nitro benzene ring substituents is 1. The Balaban J connectivity index is 1.80. The summed E-state index contributed by atoms with van der Waals surface area (Å²) in [6.07, 6.45) is 0. The van der Waals surface area contributed by atoms with Crippen LogP contribution in [0.1, 0.15) is 29.1 Å². The van der Waals surface area contributed by atoms with E-state index in [-0.39, 0.29) is 29.6 Å². The molecule has 3 rings (SSSR count). The van der Waals surface area contributed by atoms with Gasteiger partial charge in [0.2, 0.25) is 5.91 Å². The van der Waals surface area contributed by atoms with E-state index in [9.17, 15) is 19.7 Å². The van der Waals surface area contributed by atoms with Crippen molar-refractivity contribution in [1.82, 2.24) is 10.3 Å². The molecular formula is C20H20N4O6S2. The fraction of sp³-hybridized carbons (Fsp3) is 0.250. The van der Waals surface area contributed by atoms with Crippen LogP contribution in [0, 0.1) is 10.1 Å². The Labute approximate surface area is 191 Å². The van der Waals surface area contributed by atoms with Gasteiger partial charge in [-0.05, 0) is 19.1 Å². The molecule has 0 aliphatic rings. The number of nitrogens with zero attached hydrogens (tertiary/aromatic N) is 2. The number of anilines is 1. The zero-order chi connectivity index (χ0) is 23.3. The molecule has 3 aromatic rings. The van der Waals surface area contributed by atoms with Crippen LogP contribution >= 0.6 is 22.7 Å². The number of carbonyl (C=O) groups excluding carboxylic acids is 2. The minimum absolute atomic E-state index is 0.112. The molecule has 0 saturated heterocycles. The van der Waals surface area contributed by atoms with Crippen LogP contribution in [0.15, 0.2) is 29.6 Å². The molecule has 0 radical (unpaired) electrons. The summed E-state index contributed by atoms with van der Waals surface area (Å²) in [4.78, 5) is 41.0. The Morgan fingerprint density at radius 3 is 2.69 bits per heavy atom. The van der Waals surface area contributed by atoms with Crippen molar-refractivity contribution in [1.29, 1.82) is 0 Å². The molecule has 32 heavy (non-hydrogen) atoms. The number of hydrogen-bond acceptors (Lipinski definition) is 9. The SMILES string of the molecule is CCOc1cc([N+](=O)[O-])c(C(=O)Nc2nc(-c3ccc(CNC(C)=O)s3)cs2)cc1OC. The molecule has 2 aromatic heterocycles. The van der Waals surface area contributed by atoms with Gasteiger partial charge in [-0.2, -0.15) is 0 Å². The van der Waals surface area contributed by atoms with Gasteiger partial charge in [0, 0.05) is 23.2 Å². The first kappa shape index (κ1) is 23.2. The molecule has 2 N–H and O–H groups in total. The number of methoxy groups -OCH3 is 1. The second kappa shape index (κ2) is 10.2. The number of amides is 2. The molecule has 0 aliphatic carbocycles. The number of thiophene rings is 1. The van der Waals surface area contributed by atoms with Gasteiger partial charge in [0.05, 0.1) is 41.8 Å². The summed E-state index contributed by atoms with van der Waals surface area (Å²) in [7, 11) is 1.39. The summed E-state index contributed by atoms with van der Waals surface area (Å²) in [5.74, 6) is -0.398. The highest BCUT2D eigenvalue weighted by atomic mass is 32.1. The lowest BCUT2D eigenvalue weighted by atomic mass is 10.1. The molecule has 0 spiro atoms. The van der Waals surface area contributed by atoms with E-state index in [1.807, 2.05) is 12.1 Å². The molecule has 0 fully saturated rings. The first-order valence-electron chi connectivity index (χ1n) is 9.42. The Morgan fingerprint density at radius 2 is 2.03 bits per heavy atom. The normalized spacial score (nSPS) is 10.5. The zero-order valence-corrected chi connectivity index (χ0v) is 19.1. The van der Waals surface area contributed by atoms with Gasteiger partial charge in [-0.3, -0.25) is 25.0 Å². The summed E-state index contributed by atoms with van der Waals surface area (Å²) >= 11 is 2.67. The van der Waals surface area contributed by atoms with Gasteiger partial charge in [-0.1, -0.05) is 0 Å². The quantitative estimate of drug-likeness (QED) is 0.351. The Hall–Kier alpha value is -3.51. The van der Waals surface area contributed by atoms with Crippen LogP contribution < -0.4 is 20.1 Å². The average molecular weight is 477 g/mol. The van der Waals surface area contributed by atoms with Crippen molar-refractivity contribution in [2.24, 2.45) is 0 Å². The number of hydrogen-bond donors (Lipinski definition) is 2. The number of carbonyl (C=O) groups is 2. The molecule has 0 unspecified atom stereocenters. The highest BCUT2D eigenvalue weighted by molar-refractivity contribution is 7.17. The fourth-order valence-electron chi connectivity index (χ4n) is 2.74. The first-order chi connectivity index (χ1) is 15.3. The molecule has 2 heterocycles. The maximum absolute atomic E-state index is 12.8. The van der Waals surface area contributed by atoms with Crippen LogP contribution in [0.5, 0.6) is 11.5 Å². The smallest absolute Gasteiger partial charge is 0.286 e. The van der Waals surface area contributed by atoms with Crippen LogP contribution in [-0.4, -0.2) is 35.4 Å². The van der Waals surface area contributed by atoms with Crippen molar-refractivity contribution < 1.29 is 24.0 Å². The predicted octanol–water partition coefficient (Wildman–Crippen LogP) is 4.08. The van der Waals surface area contributed by atoms with E-state index in [4.69, 9.17) is 9.47 Å². The number of ether oxygens (including phenoxy) is 2. The average Bonchev–Trinajstić information content (AvgIpc) is 3.41. The lowest BCUT2D eigenvalue weighted by molar-refractivity contribution is -0.385. The molecule has 12 heteroatoms. The van der Waals surface area contributed by atoms with Crippen LogP contribution in [-0.2, 0) is 11.3 Å². The lowest BCUT2D eigenvalue weighted by Crippen LogP contribution is -2.17. The molecule has 0 bridgehead atoms. The molecule has 0 atom stereocenters. The van der Waals surface area contributed by atoms with E-state index < -0.39 is 16.5 Å². The third-order valence-electron chi connectivity index (χ3n) is 4.17. The second-order valence-electron chi connectivity index (χ2n) is 6.38. The third-order valence-corrected chi connectivity index (χ3v) is 6.04. The van der Waals surface area contributed by atoms with E-state index in [1.54, 1.807) is 12.3 Å². The summed E-state index contributed by atoms with van der Waals surface area (Å²) in [5, 5.41) is 18.9. The number of rotatable bonds is 9. The monoisotopic (exact) mass is 476 g/mol. The van der Waals surface area contributed by atoms with Crippen molar-refractivity contribution in [3.63, 3.8) is 0 Å². The van der Waals surface area contributed by atoms with Gasteiger partial charge in [0.1, 0.15) is 5.56 Å². The Kier molecular flexibility index (Phi) is 7.38. The second-order valence-corrected chi connectivity index (χ2v) is 8.40. The number of nitrogens with one attached hydrogen (secondary N) is 2. The van der Waals surface area contributed by atoms with Crippen LogP contribution in [0.3, 0.4) is 0 Å². The van der Waals surface area contributed by atoms with E-state index in [0.717, 1.165) is 9.75 Å². The number of benzene rings is 1. The van der Waals surface area contributed by atoms with E-state index in [0.29, 0.717) is 17.4 Å². The fourth-order valence-corrected chi connectivity index (χ4v) is 4.43. The van der Waals surface area contributed by atoms with E-state index in [2.05, 4.69) is 15.6 Å². The van der Waals surface area contributed by atoms with Crippen molar-refractivity contribution in [3.05, 3.63) is 50.2 Å². The molecule has 2 amide bonds. The maximum atomic E-state index is 12.8. The first-order valence-corrected chi connectivity index (χ1v) is 11.1. The van der Waals surface area contributed by atoms with Crippen LogP contribution in [0.25, 0.3) is 10.6 Å². The van der Waals surface area contributed by atoms with Gasteiger partial charge in [-0.25, -0.2) is 4.98 Å². The molecule has 168 valence electrons. The number of nitro groups is 1. The minimum Gasteiger partial charge on any atom is -0.493 e. The zero-order valence-electron chi connectivity index (χ0n) is 17.5. The van der Waals surface area contributed by atoms with Crippen molar-refractivity contribution >= 4 is 45.3 Å². The summed E-state index contributed by atoms with van der Waals surface area (Å²) in [5.41, 5.74) is 0.0910. The van der Waals surface area contributed by atoms with Gasteiger partial charge in [-0.15, -0.1) is 22.7 Å². The van der Waals surface area contributed by atoms with Crippen LogP contribution in [0.4, 0.5) is 10.8 Å². The molecule has 1 aromatic carbocycles. The summed E-state index contributed by atoms with van der Waals surface area (Å²) in [6, 6.07) is 6.22.